The third-order valence-electron chi connectivity index (χ3n) is 2.31. The molecule has 0 spiro atoms. The van der Waals surface area contributed by atoms with Crippen LogP contribution in [0.2, 0.25) is 0 Å². The second-order valence-electron chi connectivity index (χ2n) is 3.46. The van der Waals surface area contributed by atoms with E-state index in [-0.39, 0.29) is 0 Å². The van der Waals surface area contributed by atoms with Gasteiger partial charge in [0.25, 0.3) is 0 Å². The van der Waals surface area contributed by atoms with Crippen LogP contribution in [0.15, 0.2) is 27.9 Å². The summed E-state index contributed by atoms with van der Waals surface area (Å²) < 4.78 is 16.9. The van der Waals surface area contributed by atoms with Gasteiger partial charge in [0.1, 0.15) is 11.2 Å². The summed E-state index contributed by atoms with van der Waals surface area (Å²) in [5.74, 6) is 1.31. The molecule has 0 fully saturated rings. The van der Waals surface area contributed by atoms with E-state index in [1.54, 1.807) is 9.82 Å². The van der Waals surface area contributed by atoms with Crippen molar-refractivity contribution >= 4 is 52.7 Å². The number of hydrogen-bond donors (Lipinski definition) is 0. The molecule has 4 heterocycles. The van der Waals surface area contributed by atoms with Crippen LogP contribution in [-0.4, -0.2) is 29.1 Å². The van der Waals surface area contributed by atoms with E-state index in [0.29, 0.717) is 11.8 Å². The van der Waals surface area contributed by atoms with E-state index < -0.39 is 0 Å². The summed E-state index contributed by atoms with van der Waals surface area (Å²) >= 11 is 3.89. The van der Waals surface area contributed by atoms with Crippen molar-refractivity contribution < 1.29 is 4.42 Å². The quantitative estimate of drug-likeness (QED) is 0.661. The summed E-state index contributed by atoms with van der Waals surface area (Å²) in [5.41, 5.74) is 2.41. The highest BCUT2D eigenvalue weighted by Gasteiger charge is 2.32. The molecule has 12 heteroatoms. The molecule has 4 rings (SSSR count). The van der Waals surface area contributed by atoms with E-state index in [4.69, 9.17) is 4.42 Å². The summed E-state index contributed by atoms with van der Waals surface area (Å²) in [5, 5.41) is 13.5. The molecule has 0 saturated carbocycles. The molecule has 3 aromatic rings. The SMILES string of the molecule is C1=C(c2ncsn2)N(c2nnco2)SN1c1csnn1. The van der Waals surface area contributed by atoms with Gasteiger partial charge in [-0.05, 0) is 23.1 Å². The molecule has 1 aliphatic heterocycles. The number of nitrogens with zero attached hydrogens (tertiary/aromatic N) is 8. The molecule has 1 aliphatic rings. The second kappa shape index (κ2) is 4.81. The Morgan fingerprint density at radius 2 is 2.20 bits per heavy atom. The highest BCUT2D eigenvalue weighted by atomic mass is 32.2. The van der Waals surface area contributed by atoms with Gasteiger partial charge < -0.3 is 4.42 Å². The summed E-state index contributed by atoms with van der Waals surface area (Å²) in [6, 6.07) is 0.349. The second-order valence-corrected chi connectivity index (χ2v) is 5.59. The van der Waals surface area contributed by atoms with E-state index in [1.807, 2.05) is 15.9 Å². The van der Waals surface area contributed by atoms with Gasteiger partial charge >= 0.3 is 6.01 Å². The van der Waals surface area contributed by atoms with Crippen molar-refractivity contribution in [2.75, 3.05) is 8.61 Å². The Bertz CT molecular complexity index is 709. The van der Waals surface area contributed by atoms with E-state index in [2.05, 4.69) is 29.1 Å². The maximum atomic E-state index is 5.24. The first-order valence-electron chi connectivity index (χ1n) is 5.21. The Balaban J connectivity index is 1.75. The van der Waals surface area contributed by atoms with Crippen LogP contribution in [0, 0.1) is 0 Å². The Morgan fingerprint density at radius 3 is 2.90 bits per heavy atom. The first kappa shape index (κ1) is 11.7. The molecule has 0 aliphatic carbocycles. The van der Waals surface area contributed by atoms with Gasteiger partial charge in [0.15, 0.2) is 11.6 Å². The molecule has 0 bridgehead atoms. The molecule has 0 amide bonds. The minimum atomic E-state index is 0.349. The van der Waals surface area contributed by atoms with Gasteiger partial charge in [0.05, 0.1) is 17.5 Å². The lowest BCUT2D eigenvalue weighted by atomic mass is 10.4. The number of rotatable bonds is 3. The molecule has 20 heavy (non-hydrogen) atoms. The molecule has 0 saturated heterocycles. The number of aromatic nitrogens is 6. The van der Waals surface area contributed by atoms with Gasteiger partial charge in [-0.2, -0.15) is 4.37 Å². The fourth-order valence-electron chi connectivity index (χ4n) is 1.51. The predicted molar refractivity (Wildman–Crippen MR) is 74.6 cm³/mol. The molecule has 0 aromatic carbocycles. The normalized spacial score (nSPS) is 14.9. The highest BCUT2D eigenvalue weighted by Crippen LogP contribution is 2.40. The summed E-state index contributed by atoms with van der Waals surface area (Å²) in [7, 11) is 0. The predicted octanol–water partition coefficient (Wildman–Crippen LogP) is 1.66. The Kier molecular flexibility index (Phi) is 2.82. The third-order valence-corrected chi connectivity index (χ3v) is 4.27. The Hall–Kier alpha value is -2.05. The molecule has 3 aromatic heterocycles. The Labute approximate surface area is 124 Å². The molecular formula is C8H4N8OS3. The third kappa shape index (κ3) is 1.93. The number of anilines is 2. The van der Waals surface area contributed by atoms with Gasteiger partial charge in [-0.15, -0.1) is 10.2 Å². The average molecular weight is 324 g/mol. The zero-order valence-corrected chi connectivity index (χ0v) is 12.0. The average Bonchev–Trinajstić information content (AvgIpc) is 3.22. The fraction of sp³-hybridized carbons (Fsp3) is 0. The standard InChI is InChI=1S/C8H4N8OS3/c1-5(7-9-4-19-13-7)16(8-12-10-3-17-8)20-15(1)6-2-18-14-11-6/h1-4H. The largest absolute Gasteiger partial charge is 0.410 e. The topological polar surface area (TPSA) is 97.0 Å². The molecule has 0 N–H and O–H groups in total. The highest BCUT2D eigenvalue weighted by molar-refractivity contribution is 8.02. The molecule has 0 unspecified atom stereocenters. The number of hydrogen-bond acceptors (Lipinski definition) is 12. The molecule has 100 valence electrons. The smallest absolute Gasteiger partial charge is 0.334 e. The van der Waals surface area contributed by atoms with Crippen molar-refractivity contribution in [1.29, 1.82) is 0 Å². The minimum absolute atomic E-state index is 0.349. The summed E-state index contributed by atoms with van der Waals surface area (Å²) in [6.07, 6.45) is 3.13. The summed E-state index contributed by atoms with van der Waals surface area (Å²) in [6.45, 7) is 0. The van der Waals surface area contributed by atoms with Crippen LogP contribution in [0.3, 0.4) is 0 Å². The van der Waals surface area contributed by atoms with E-state index in [1.165, 1.54) is 41.6 Å². The van der Waals surface area contributed by atoms with E-state index in [9.17, 15) is 0 Å². The molecular weight excluding hydrogens is 320 g/mol. The van der Waals surface area contributed by atoms with Crippen molar-refractivity contribution in [3.63, 3.8) is 0 Å². The monoisotopic (exact) mass is 324 g/mol. The van der Waals surface area contributed by atoms with Crippen molar-refractivity contribution in [3.8, 4) is 0 Å². The maximum absolute atomic E-state index is 5.24. The van der Waals surface area contributed by atoms with Gasteiger partial charge in [-0.3, -0.25) is 4.31 Å². The molecule has 9 nitrogen and oxygen atoms in total. The lowest BCUT2D eigenvalue weighted by molar-refractivity contribution is 0.566. The van der Waals surface area contributed by atoms with Gasteiger partial charge in [0, 0.05) is 6.20 Å². The van der Waals surface area contributed by atoms with Crippen molar-refractivity contribution in [2.45, 2.75) is 0 Å². The summed E-state index contributed by atoms with van der Waals surface area (Å²) in [4.78, 5) is 4.21. The fourth-order valence-corrected chi connectivity index (χ4v) is 3.30. The van der Waals surface area contributed by atoms with Gasteiger partial charge in [0.2, 0.25) is 6.39 Å². The van der Waals surface area contributed by atoms with Crippen LogP contribution in [0.25, 0.3) is 5.70 Å². The maximum Gasteiger partial charge on any atom is 0.334 e. The molecule has 0 atom stereocenters. The van der Waals surface area contributed by atoms with Crippen LogP contribution in [-0.2, 0) is 0 Å². The van der Waals surface area contributed by atoms with Crippen LogP contribution in [0.1, 0.15) is 5.82 Å². The molecule has 0 radical (unpaired) electrons. The van der Waals surface area contributed by atoms with Crippen molar-refractivity contribution in [2.24, 2.45) is 0 Å². The first-order valence-corrected chi connectivity index (χ1v) is 7.61. The van der Waals surface area contributed by atoms with Crippen LogP contribution < -0.4 is 8.61 Å². The Morgan fingerprint density at radius 1 is 1.20 bits per heavy atom. The lowest BCUT2D eigenvalue weighted by Crippen LogP contribution is -2.12. The van der Waals surface area contributed by atoms with Gasteiger partial charge in [-0.25, -0.2) is 9.29 Å². The van der Waals surface area contributed by atoms with Crippen LogP contribution in [0.5, 0.6) is 0 Å². The van der Waals surface area contributed by atoms with Crippen molar-refractivity contribution in [3.05, 3.63) is 29.3 Å². The zero-order chi connectivity index (χ0) is 13.4. The van der Waals surface area contributed by atoms with Crippen molar-refractivity contribution in [1.82, 2.24) is 29.1 Å². The first-order chi connectivity index (χ1) is 9.92. The van der Waals surface area contributed by atoms with E-state index in [0.717, 1.165) is 11.5 Å². The minimum Gasteiger partial charge on any atom is -0.410 e. The lowest BCUT2D eigenvalue weighted by Gasteiger charge is -2.14. The van der Waals surface area contributed by atoms with E-state index >= 15 is 0 Å². The zero-order valence-electron chi connectivity index (χ0n) is 9.52. The van der Waals surface area contributed by atoms with Crippen LogP contribution >= 0.6 is 35.2 Å². The van der Waals surface area contributed by atoms with Gasteiger partial charge in [-0.1, -0.05) is 9.59 Å². The van der Waals surface area contributed by atoms with Crippen LogP contribution in [0.4, 0.5) is 11.8 Å².